The molecule has 0 saturated carbocycles. The molecule has 3 aromatic rings. The Labute approximate surface area is 140 Å². The SMILES string of the molecule is Cc1nc(OC(=O)c2c(C)c3cc(Cl)ccc3oc2=O)sc1C. The van der Waals surface area contributed by atoms with Gasteiger partial charge in [-0.05, 0) is 44.5 Å². The van der Waals surface area contributed by atoms with E-state index in [1.807, 2.05) is 13.8 Å². The van der Waals surface area contributed by atoms with Crippen LogP contribution in [0.5, 0.6) is 5.19 Å². The molecule has 5 nitrogen and oxygen atoms in total. The van der Waals surface area contributed by atoms with Crippen LogP contribution >= 0.6 is 22.9 Å². The molecule has 0 saturated heterocycles. The van der Waals surface area contributed by atoms with Crippen molar-refractivity contribution in [2.45, 2.75) is 20.8 Å². The smallest absolute Gasteiger partial charge is 0.353 e. The van der Waals surface area contributed by atoms with E-state index in [0.717, 1.165) is 10.6 Å². The van der Waals surface area contributed by atoms with Gasteiger partial charge in [-0.2, -0.15) is 0 Å². The van der Waals surface area contributed by atoms with Crippen molar-refractivity contribution in [2.75, 3.05) is 0 Å². The number of rotatable bonds is 2. The van der Waals surface area contributed by atoms with E-state index < -0.39 is 11.6 Å². The molecule has 0 atom stereocenters. The van der Waals surface area contributed by atoms with Gasteiger partial charge in [-0.15, -0.1) is 0 Å². The maximum Gasteiger partial charge on any atom is 0.353 e. The van der Waals surface area contributed by atoms with Gasteiger partial charge in [0.05, 0.1) is 5.69 Å². The summed E-state index contributed by atoms with van der Waals surface area (Å²) in [5, 5.41) is 1.28. The van der Waals surface area contributed by atoms with Crippen molar-refractivity contribution < 1.29 is 13.9 Å². The normalized spacial score (nSPS) is 11.0. The van der Waals surface area contributed by atoms with Crippen LogP contribution in [-0.2, 0) is 0 Å². The molecule has 1 aromatic carbocycles. The van der Waals surface area contributed by atoms with Crippen molar-refractivity contribution in [1.82, 2.24) is 4.98 Å². The number of benzene rings is 1. The van der Waals surface area contributed by atoms with Gasteiger partial charge in [-0.3, -0.25) is 0 Å². The fourth-order valence-electron chi connectivity index (χ4n) is 2.18. The van der Waals surface area contributed by atoms with Crippen LogP contribution in [0.25, 0.3) is 11.0 Å². The summed E-state index contributed by atoms with van der Waals surface area (Å²) in [5.41, 5.74) is 0.729. The van der Waals surface area contributed by atoms with E-state index in [1.165, 1.54) is 11.3 Å². The lowest BCUT2D eigenvalue weighted by atomic mass is 10.1. The molecular weight excluding hydrogens is 338 g/mol. The van der Waals surface area contributed by atoms with E-state index in [1.54, 1.807) is 25.1 Å². The third kappa shape index (κ3) is 2.87. The van der Waals surface area contributed by atoms with Crippen LogP contribution in [0.15, 0.2) is 27.4 Å². The van der Waals surface area contributed by atoms with Gasteiger partial charge < -0.3 is 9.15 Å². The van der Waals surface area contributed by atoms with Gasteiger partial charge in [0.2, 0.25) is 0 Å². The number of thiazole rings is 1. The Morgan fingerprint density at radius 1 is 1.30 bits per heavy atom. The molecule has 0 radical (unpaired) electrons. The van der Waals surface area contributed by atoms with Gasteiger partial charge in [-0.25, -0.2) is 14.6 Å². The number of ether oxygens (including phenoxy) is 1. The number of hydrogen-bond acceptors (Lipinski definition) is 6. The first kappa shape index (κ1) is 15.7. The summed E-state index contributed by atoms with van der Waals surface area (Å²) in [5.74, 6) is -0.785. The fourth-order valence-corrected chi connectivity index (χ4v) is 3.10. The van der Waals surface area contributed by atoms with Gasteiger partial charge in [0.25, 0.3) is 5.19 Å². The van der Waals surface area contributed by atoms with Gasteiger partial charge in [-0.1, -0.05) is 22.9 Å². The number of aromatic nitrogens is 1. The molecule has 0 amide bonds. The van der Waals surface area contributed by atoms with Gasteiger partial charge >= 0.3 is 11.6 Å². The third-order valence-corrected chi connectivity index (χ3v) is 4.71. The highest BCUT2D eigenvalue weighted by Crippen LogP contribution is 2.26. The van der Waals surface area contributed by atoms with Crippen molar-refractivity contribution in [3.05, 3.63) is 55.3 Å². The summed E-state index contributed by atoms with van der Waals surface area (Å²) in [6.07, 6.45) is 0. The summed E-state index contributed by atoms with van der Waals surface area (Å²) in [4.78, 5) is 29.6. The molecule has 23 heavy (non-hydrogen) atoms. The maximum atomic E-state index is 12.4. The van der Waals surface area contributed by atoms with E-state index in [2.05, 4.69) is 4.98 Å². The molecule has 118 valence electrons. The Morgan fingerprint density at radius 2 is 2.04 bits per heavy atom. The molecule has 0 aliphatic heterocycles. The molecule has 0 spiro atoms. The Balaban J connectivity index is 2.08. The number of hydrogen-bond donors (Lipinski definition) is 0. The minimum absolute atomic E-state index is 0.148. The first-order valence-electron chi connectivity index (χ1n) is 6.76. The van der Waals surface area contributed by atoms with E-state index in [4.69, 9.17) is 20.8 Å². The first-order valence-corrected chi connectivity index (χ1v) is 7.95. The molecule has 0 aliphatic carbocycles. The van der Waals surface area contributed by atoms with Crippen LogP contribution in [-0.4, -0.2) is 11.0 Å². The van der Waals surface area contributed by atoms with Crippen molar-refractivity contribution >= 4 is 39.9 Å². The third-order valence-electron chi connectivity index (χ3n) is 3.52. The highest BCUT2D eigenvalue weighted by atomic mass is 35.5. The van der Waals surface area contributed by atoms with E-state index in [-0.39, 0.29) is 10.8 Å². The Kier molecular flexibility index (Phi) is 3.95. The summed E-state index contributed by atoms with van der Waals surface area (Å²) in [6.45, 7) is 5.35. The lowest BCUT2D eigenvalue weighted by molar-refractivity contribution is 0.0729. The monoisotopic (exact) mass is 349 g/mol. The second-order valence-electron chi connectivity index (χ2n) is 5.04. The Morgan fingerprint density at radius 3 is 2.70 bits per heavy atom. The quantitative estimate of drug-likeness (QED) is 0.515. The van der Waals surface area contributed by atoms with Crippen LogP contribution in [0.1, 0.15) is 26.5 Å². The predicted molar refractivity (Wildman–Crippen MR) is 88.8 cm³/mol. The highest BCUT2D eigenvalue weighted by molar-refractivity contribution is 7.13. The summed E-state index contributed by atoms with van der Waals surface area (Å²) >= 11 is 7.22. The molecule has 0 bridgehead atoms. The van der Waals surface area contributed by atoms with Gasteiger partial charge in [0.15, 0.2) is 0 Å². The largest absolute Gasteiger partial charge is 0.422 e. The molecule has 0 fully saturated rings. The molecule has 2 heterocycles. The van der Waals surface area contributed by atoms with Crippen LogP contribution < -0.4 is 10.4 Å². The number of aryl methyl sites for hydroxylation is 3. The standard InChI is InChI=1S/C16H12ClNO4S/c1-7-11-6-10(17)4-5-12(11)21-14(19)13(7)15(20)22-16-18-8(2)9(3)23-16/h4-6H,1-3H3. The zero-order chi connectivity index (χ0) is 16.7. The molecule has 0 aliphatic rings. The van der Waals surface area contributed by atoms with E-state index in [9.17, 15) is 9.59 Å². The Hall–Kier alpha value is -2.18. The molecule has 7 heteroatoms. The minimum atomic E-state index is -0.785. The van der Waals surface area contributed by atoms with Crippen molar-refractivity contribution in [3.8, 4) is 5.19 Å². The molecule has 2 aromatic heterocycles. The molecule has 0 N–H and O–H groups in total. The number of esters is 1. The average molecular weight is 350 g/mol. The predicted octanol–water partition coefficient (Wildman–Crippen LogP) is 4.05. The lowest BCUT2D eigenvalue weighted by Crippen LogP contribution is -2.20. The number of fused-ring (bicyclic) bond motifs is 1. The lowest BCUT2D eigenvalue weighted by Gasteiger charge is -2.06. The number of carbonyl (C=O) groups excluding carboxylic acids is 1. The van der Waals surface area contributed by atoms with Crippen LogP contribution in [0.3, 0.4) is 0 Å². The van der Waals surface area contributed by atoms with Crippen molar-refractivity contribution in [3.63, 3.8) is 0 Å². The van der Waals surface area contributed by atoms with E-state index in [0.29, 0.717) is 21.6 Å². The number of carbonyl (C=O) groups is 1. The van der Waals surface area contributed by atoms with Crippen molar-refractivity contribution in [1.29, 1.82) is 0 Å². The van der Waals surface area contributed by atoms with Gasteiger partial charge in [0, 0.05) is 15.3 Å². The average Bonchev–Trinajstić information content (AvgIpc) is 2.78. The van der Waals surface area contributed by atoms with Crippen LogP contribution in [0, 0.1) is 20.8 Å². The maximum absolute atomic E-state index is 12.4. The van der Waals surface area contributed by atoms with E-state index >= 15 is 0 Å². The van der Waals surface area contributed by atoms with Gasteiger partial charge in [0.1, 0.15) is 11.1 Å². The molecule has 0 unspecified atom stereocenters. The second-order valence-corrected chi connectivity index (χ2v) is 6.64. The summed E-state index contributed by atoms with van der Waals surface area (Å²) < 4.78 is 10.4. The molecular formula is C16H12ClNO4S. The van der Waals surface area contributed by atoms with Crippen LogP contribution in [0.2, 0.25) is 5.02 Å². The zero-order valence-electron chi connectivity index (χ0n) is 12.6. The van der Waals surface area contributed by atoms with Crippen molar-refractivity contribution in [2.24, 2.45) is 0 Å². The van der Waals surface area contributed by atoms with Crippen LogP contribution in [0.4, 0.5) is 0 Å². The zero-order valence-corrected chi connectivity index (χ0v) is 14.2. The summed E-state index contributed by atoms with van der Waals surface area (Å²) in [7, 11) is 0. The molecule has 3 rings (SSSR count). The number of nitrogens with zero attached hydrogens (tertiary/aromatic N) is 1. The fraction of sp³-hybridized carbons (Fsp3) is 0.188. The Bertz CT molecular complexity index is 970. The second kappa shape index (κ2) is 5.79. The minimum Gasteiger partial charge on any atom is -0.422 e. The first-order chi connectivity index (χ1) is 10.9. The highest BCUT2D eigenvalue weighted by Gasteiger charge is 2.22. The topological polar surface area (TPSA) is 69.4 Å². The summed E-state index contributed by atoms with van der Waals surface area (Å²) in [6, 6.07) is 4.85. The number of halogens is 1.